The van der Waals surface area contributed by atoms with Gasteiger partial charge in [0.25, 0.3) is 0 Å². The van der Waals surface area contributed by atoms with Gasteiger partial charge in [0.05, 0.1) is 16.1 Å². The lowest BCUT2D eigenvalue weighted by Crippen LogP contribution is -2.27. The van der Waals surface area contributed by atoms with Crippen LogP contribution in [0.15, 0.2) is 12.1 Å². The summed E-state index contributed by atoms with van der Waals surface area (Å²) in [5.74, 6) is 0.323. The fourth-order valence-electron chi connectivity index (χ4n) is 2.02. The van der Waals surface area contributed by atoms with Crippen molar-refractivity contribution in [2.24, 2.45) is 0 Å². The van der Waals surface area contributed by atoms with E-state index in [0.29, 0.717) is 35.7 Å². The zero-order valence-corrected chi connectivity index (χ0v) is 12.4. The number of aromatic nitrogens is 2. The molecule has 1 heterocycles. The number of nitrogens with one attached hydrogen (secondary N) is 1. The molecule has 4 nitrogen and oxygen atoms in total. The zero-order chi connectivity index (χ0) is 14.7. The number of alkyl halides is 1. The lowest BCUT2D eigenvalue weighted by atomic mass is 10.3. The number of imidazole rings is 1. The molecule has 0 aliphatic carbocycles. The summed E-state index contributed by atoms with van der Waals surface area (Å²) in [6, 6.07) is 2.75. The van der Waals surface area contributed by atoms with Crippen LogP contribution in [0.4, 0.5) is 4.39 Å². The number of fused-ring (bicyclic) bond motifs is 1. The second kappa shape index (κ2) is 6.41. The van der Waals surface area contributed by atoms with Crippen LogP contribution < -0.4 is 5.32 Å². The number of halogens is 3. The zero-order valence-electron chi connectivity index (χ0n) is 10.9. The van der Waals surface area contributed by atoms with Gasteiger partial charge in [0, 0.05) is 24.9 Å². The molecule has 0 aliphatic heterocycles. The first-order valence-corrected chi connectivity index (χ1v) is 7.14. The molecule has 0 spiro atoms. The summed E-state index contributed by atoms with van der Waals surface area (Å²) >= 11 is 11.5. The third-order valence-electron chi connectivity index (χ3n) is 2.86. The smallest absolute Gasteiger partial charge is 0.239 e. The summed E-state index contributed by atoms with van der Waals surface area (Å²) < 4.78 is 15.3. The van der Waals surface area contributed by atoms with Crippen molar-refractivity contribution in [3.05, 3.63) is 28.8 Å². The van der Waals surface area contributed by atoms with E-state index in [4.69, 9.17) is 23.2 Å². The van der Waals surface area contributed by atoms with E-state index < -0.39 is 5.82 Å². The quantitative estimate of drug-likeness (QED) is 0.862. The number of aryl methyl sites for hydroxylation is 1. The molecule has 108 valence electrons. The minimum atomic E-state index is -0.534. The molecule has 2 rings (SSSR count). The van der Waals surface area contributed by atoms with Crippen molar-refractivity contribution in [3.8, 4) is 0 Å². The van der Waals surface area contributed by atoms with Gasteiger partial charge in [0.2, 0.25) is 5.91 Å². The lowest BCUT2D eigenvalue weighted by molar-refractivity contribution is -0.121. The Hall–Kier alpha value is -1.33. The number of carbonyl (C=O) groups is 1. The molecule has 1 aromatic heterocycles. The van der Waals surface area contributed by atoms with Gasteiger partial charge in [-0.2, -0.15) is 0 Å². The van der Waals surface area contributed by atoms with Crippen molar-refractivity contribution in [2.45, 2.75) is 19.9 Å². The average molecular weight is 318 g/mol. The SMILES string of the molecule is CCNC(=O)Cn1c(CCCl)nc2cc(Cl)c(F)cc21. The van der Waals surface area contributed by atoms with Crippen LogP contribution in [0.25, 0.3) is 11.0 Å². The van der Waals surface area contributed by atoms with Gasteiger partial charge in [0.1, 0.15) is 18.2 Å². The summed E-state index contributed by atoms with van der Waals surface area (Å²) in [6.07, 6.45) is 0.495. The number of hydrogen-bond acceptors (Lipinski definition) is 2. The molecule has 0 saturated carbocycles. The third-order valence-corrected chi connectivity index (χ3v) is 3.34. The summed E-state index contributed by atoms with van der Waals surface area (Å²) in [5.41, 5.74) is 1.10. The molecule has 7 heteroatoms. The maximum absolute atomic E-state index is 13.6. The van der Waals surface area contributed by atoms with Gasteiger partial charge >= 0.3 is 0 Å². The molecule has 0 unspecified atom stereocenters. The molecule has 1 aromatic carbocycles. The Morgan fingerprint density at radius 3 is 2.90 bits per heavy atom. The number of hydrogen-bond donors (Lipinski definition) is 1. The molecule has 0 atom stereocenters. The van der Waals surface area contributed by atoms with Gasteiger partial charge in [0.15, 0.2) is 0 Å². The van der Waals surface area contributed by atoms with Gasteiger partial charge in [-0.05, 0) is 13.0 Å². The molecule has 0 aliphatic rings. The van der Waals surface area contributed by atoms with E-state index in [1.54, 1.807) is 4.57 Å². The number of rotatable bonds is 5. The number of benzene rings is 1. The van der Waals surface area contributed by atoms with Crippen LogP contribution in [0.1, 0.15) is 12.7 Å². The molecule has 20 heavy (non-hydrogen) atoms. The normalized spacial score (nSPS) is 11.0. The maximum atomic E-state index is 13.6. The first-order valence-electron chi connectivity index (χ1n) is 6.23. The molecular formula is C13H14Cl2FN3O. The highest BCUT2D eigenvalue weighted by molar-refractivity contribution is 6.31. The Kier molecular flexibility index (Phi) is 4.83. The number of amides is 1. The van der Waals surface area contributed by atoms with Crippen molar-refractivity contribution in [2.75, 3.05) is 12.4 Å². The first kappa shape index (κ1) is 15.1. The van der Waals surface area contributed by atoms with Gasteiger partial charge in [-0.3, -0.25) is 4.79 Å². The fraction of sp³-hybridized carbons (Fsp3) is 0.385. The van der Waals surface area contributed by atoms with E-state index in [1.165, 1.54) is 12.1 Å². The first-order chi connectivity index (χ1) is 9.56. The van der Waals surface area contributed by atoms with E-state index in [9.17, 15) is 9.18 Å². The molecule has 0 bridgehead atoms. The Balaban J connectivity index is 2.50. The Labute approximate surface area is 125 Å². The van der Waals surface area contributed by atoms with E-state index in [2.05, 4.69) is 10.3 Å². The van der Waals surface area contributed by atoms with Crippen LogP contribution in [-0.2, 0) is 17.8 Å². The van der Waals surface area contributed by atoms with Gasteiger partial charge < -0.3 is 9.88 Å². The van der Waals surface area contributed by atoms with Crippen molar-refractivity contribution in [1.29, 1.82) is 0 Å². The second-order valence-electron chi connectivity index (χ2n) is 4.26. The largest absolute Gasteiger partial charge is 0.355 e. The number of nitrogens with zero attached hydrogens (tertiary/aromatic N) is 2. The molecular weight excluding hydrogens is 304 g/mol. The van der Waals surface area contributed by atoms with Crippen molar-refractivity contribution >= 4 is 40.1 Å². The minimum absolute atomic E-state index is 0.0117. The number of carbonyl (C=O) groups excluding carboxylic acids is 1. The monoisotopic (exact) mass is 317 g/mol. The molecule has 1 amide bonds. The van der Waals surface area contributed by atoms with Crippen LogP contribution in [0.2, 0.25) is 5.02 Å². The van der Waals surface area contributed by atoms with Crippen LogP contribution >= 0.6 is 23.2 Å². The van der Waals surface area contributed by atoms with Gasteiger partial charge in [-0.1, -0.05) is 11.6 Å². The molecule has 0 saturated heterocycles. The highest BCUT2D eigenvalue weighted by Gasteiger charge is 2.15. The Bertz CT molecular complexity index is 642. The molecule has 2 aromatic rings. The summed E-state index contributed by atoms with van der Waals surface area (Å²) in [4.78, 5) is 16.1. The Morgan fingerprint density at radius 1 is 1.50 bits per heavy atom. The summed E-state index contributed by atoms with van der Waals surface area (Å²) in [6.45, 7) is 2.46. The van der Waals surface area contributed by atoms with Crippen LogP contribution in [0, 0.1) is 5.82 Å². The van der Waals surface area contributed by atoms with E-state index in [1.807, 2.05) is 6.92 Å². The summed E-state index contributed by atoms with van der Waals surface area (Å²) in [7, 11) is 0. The highest BCUT2D eigenvalue weighted by Crippen LogP contribution is 2.24. The minimum Gasteiger partial charge on any atom is -0.355 e. The predicted molar refractivity (Wildman–Crippen MR) is 77.8 cm³/mol. The fourth-order valence-corrected chi connectivity index (χ4v) is 2.35. The second-order valence-corrected chi connectivity index (χ2v) is 5.05. The maximum Gasteiger partial charge on any atom is 0.239 e. The average Bonchev–Trinajstić information content (AvgIpc) is 2.69. The van der Waals surface area contributed by atoms with E-state index >= 15 is 0 Å². The molecule has 1 N–H and O–H groups in total. The highest BCUT2D eigenvalue weighted by atomic mass is 35.5. The number of likely N-dealkylation sites (N-methyl/N-ethyl adjacent to an activating group) is 1. The van der Waals surface area contributed by atoms with E-state index in [0.717, 1.165) is 0 Å². The van der Waals surface area contributed by atoms with Crippen molar-refractivity contribution in [3.63, 3.8) is 0 Å². The Morgan fingerprint density at radius 2 is 2.25 bits per heavy atom. The van der Waals surface area contributed by atoms with Gasteiger partial charge in [-0.15, -0.1) is 11.6 Å². The van der Waals surface area contributed by atoms with Crippen LogP contribution in [0.5, 0.6) is 0 Å². The molecule has 0 radical (unpaired) electrons. The summed E-state index contributed by atoms with van der Waals surface area (Å²) in [5, 5.41) is 2.72. The topological polar surface area (TPSA) is 46.9 Å². The van der Waals surface area contributed by atoms with Crippen molar-refractivity contribution in [1.82, 2.24) is 14.9 Å². The third kappa shape index (κ3) is 3.04. The van der Waals surface area contributed by atoms with E-state index in [-0.39, 0.29) is 17.5 Å². The van der Waals surface area contributed by atoms with Crippen LogP contribution in [0.3, 0.4) is 0 Å². The standard InChI is InChI=1S/C13H14Cl2FN3O/c1-2-17-13(20)7-19-11-6-9(16)8(15)5-10(11)18-12(19)3-4-14/h5-6H,2-4,7H2,1H3,(H,17,20). The van der Waals surface area contributed by atoms with Crippen molar-refractivity contribution < 1.29 is 9.18 Å². The lowest BCUT2D eigenvalue weighted by Gasteiger charge is -2.08. The predicted octanol–water partition coefficient (Wildman–Crippen LogP) is 2.75. The van der Waals surface area contributed by atoms with Gasteiger partial charge in [-0.25, -0.2) is 9.37 Å². The van der Waals surface area contributed by atoms with Crippen LogP contribution in [-0.4, -0.2) is 27.9 Å². The molecule has 0 fully saturated rings.